The first-order valence-electron chi connectivity index (χ1n) is 8.49. The Bertz CT molecular complexity index is 1070. The highest BCUT2D eigenvalue weighted by molar-refractivity contribution is 7.09. The van der Waals surface area contributed by atoms with E-state index in [4.69, 9.17) is 9.47 Å². The molecule has 0 spiro atoms. The number of hydrogen-bond acceptors (Lipinski definition) is 6. The van der Waals surface area contributed by atoms with E-state index >= 15 is 0 Å². The zero-order valence-electron chi connectivity index (χ0n) is 14.9. The van der Waals surface area contributed by atoms with Gasteiger partial charge in [-0.3, -0.25) is 0 Å². The summed E-state index contributed by atoms with van der Waals surface area (Å²) in [5, 5.41) is 2.97. The summed E-state index contributed by atoms with van der Waals surface area (Å²) in [7, 11) is 0. The predicted molar refractivity (Wildman–Crippen MR) is 105 cm³/mol. The van der Waals surface area contributed by atoms with Gasteiger partial charge < -0.3 is 9.47 Å². The van der Waals surface area contributed by atoms with Crippen LogP contribution in [0.25, 0.3) is 6.08 Å². The minimum Gasteiger partial charge on any atom is -0.487 e. The third kappa shape index (κ3) is 4.15. The highest BCUT2D eigenvalue weighted by Gasteiger charge is 2.24. The van der Waals surface area contributed by atoms with Crippen LogP contribution in [0.15, 0.2) is 64.6 Å². The lowest BCUT2D eigenvalue weighted by Crippen LogP contribution is -2.05. The van der Waals surface area contributed by atoms with Crippen LogP contribution in [0.2, 0.25) is 0 Å². The van der Waals surface area contributed by atoms with Crippen molar-refractivity contribution in [2.24, 2.45) is 4.99 Å². The maximum Gasteiger partial charge on any atom is 0.363 e. The zero-order valence-corrected chi connectivity index (χ0v) is 15.7. The normalized spacial score (nSPS) is 14.9. The van der Waals surface area contributed by atoms with Crippen molar-refractivity contribution in [2.45, 2.75) is 13.5 Å². The molecule has 0 amide bonds. The summed E-state index contributed by atoms with van der Waals surface area (Å²) in [6.07, 6.45) is 1.63. The van der Waals surface area contributed by atoms with Crippen LogP contribution in [0.5, 0.6) is 5.75 Å². The van der Waals surface area contributed by atoms with Gasteiger partial charge in [-0.15, -0.1) is 11.3 Å². The molecule has 5 nitrogen and oxygen atoms in total. The Morgan fingerprint density at radius 2 is 1.89 bits per heavy atom. The van der Waals surface area contributed by atoms with E-state index in [2.05, 4.69) is 9.98 Å². The third-order valence-corrected chi connectivity index (χ3v) is 4.77. The Kier molecular flexibility index (Phi) is 4.99. The number of aromatic nitrogens is 1. The van der Waals surface area contributed by atoms with Gasteiger partial charge in [-0.1, -0.05) is 12.1 Å². The molecule has 0 N–H and O–H groups in total. The number of halogens is 1. The number of rotatable bonds is 5. The zero-order chi connectivity index (χ0) is 19.5. The molecule has 2 heterocycles. The third-order valence-electron chi connectivity index (χ3n) is 3.95. The number of esters is 1. The number of carbonyl (C=O) groups is 1. The SMILES string of the molecule is Cc1nc(COc2ccc(/C=C3\N=C(c4ccc(F)cc4)OC3=O)cc2)cs1. The number of aliphatic imine (C=N–C) groups is 1. The van der Waals surface area contributed by atoms with E-state index in [1.807, 2.05) is 36.6 Å². The van der Waals surface area contributed by atoms with E-state index in [9.17, 15) is 9.18 Å². The van der Waals surface area contributed by atoms with E-state index < -0.39 is 5.97 Å². The van der Waals surface area contributed by atoms with Gasteiger partial charge in [0.15, 0.2) is 5.70 Å². The smallest absolute Gasteiger partial charge is 0.363 e. The van der Waals surface area contributed by atoms with Crippen LogP contribution >= 0.6 is 11.3 Å². The minimum absolute atomic E-state index is 0.162. The molecule has 0 atom stereocenters. The number of ether oxygens (including phenoxy) is 2. The predicted octanol–water partition coefficient (Wildman–Crippen LogP) is 4.51. The molecule has 0 saturated carbocycles. The quantitative estimate of drug-likeness (QED) is 0.472. The molecule has 1 aliphatic rings. The lowest BCUT2D eigenvalue weighted by molar-refractivity contribution is -0.129. The molecule has 4 rings (SSSR count). The second-order valence-electron chi connectivity index (χ2n) is 6.06. The molecule has 28 heavy (non-hydrogen) atoms. The van der Waals surface area contributed by atoms with Crippen LogP contribution in [0.1, 0.15) is 21.8 Å². The Labute approximate surface area is 164 Å². The first kappa shape index (κ1) is 18.1. The number of nitrogens with zero attached hydrogens (tertiary/aromatic N) is 2. The van der Waals surface area contributed by atoms with Crippen molar-refractivity contribution in [1.82, 2.24) is 4.98 Å². The van der Waals surface area contributed by atoms with Crippen molar-refractivity contribution in [2.75, 3.05) is 0 Å². The van der Waals surface area contributed by atoms with Crippen LogP contribution < -0.4 is 4.74 Å². The van der Waals surface area contributed by atoms with Crippen LogP contribution in [-0.2, 0) is 16.1 Å². The summed E-state index contributed by atoms with van der Waals surface area (Å²) >= 11 is 1.59. The lowest BCUT2D eigenvalue weighted by Gasteiger charge is -2.04. The molecule has 2 aromatic carbocycles. The van der Waals surface area contributed by atoms with Gasteiger partial charge in [-0.25, -0.2) is 19.2 Å². The summed E-state index contributed by atoms with van der Waals surface area (Å²) in [6, 6.07) is 12.9. The fourth-order valence-electron chi connectivity index (χ4n) is 2.58. The largest absolute Gasteiger partial charge is 0.487 e. The Morgan fingerprint density at radius 3 is 2.57 bits per heavy atom. The number of hydrogen-bond donors (Lipinski definition) is 0. The molecular weight excluding hydrogens is 379 g/mol. The van der Waals surface area contributed by atoms with Gasteiger partial charge in [-0.2, -0.15) is 0 Å². The van der Waals surface area contributed by atoms with Crippen molar-refractivity contribution in [3.63, 3.8) is 0 Å². The van der Waals surface area contributed by atoms with Gasteiger partial charge >= 0.3 is 5.97 Å². The van der Waals surface area contributed by atoms with Crippen LogP contribution in [0.3, 0.4) is 0 Å². The first-order chi connectivity index (χ1) is 13.6. The van der Waals surface area contributed by atoms with Gasteiger partial charge in [0.1, 0.15) is 18.2 Å². The molecule has 7 heteroatoms. The molecule has 1 aliphatic heterocycles. The van der Waals surface area contributed by atoms with Crippen molar-refractivity contribution < 1.29 is 18.7 Å². The van der Waals surface area contributed by atoms with E-state index in [-0.39, 0.29) is 17.4 Å². The minimum atomic E-state index is -0.543. The van der Waals surface area contributed by atoms with Gasteiger partial charge in [0.2, 0.25) is 5.90 Å². The second-order valence-corrected chi connectivity index (χ2v) is 7.12. The van der Waals surface area contributed by atoms with Crippen LogP contribution in [-0.4, -0.2) is 16.9 Å². The number of carbonyl (C=O) groups excluding carboxylic acids is 1. The standard InChI is InChI=1S/C21H15FN2O3S/c1-13-23-17(12-28-13)11-26-18-8-2-14(3-9-18)10-19-21(25)27-20(24-19)15-4-6-16(22)7-5-15/h2-10,12H,11H2,1H3/b19-10-. The molecular formula is C21H15FN2O3S. The molecule has 0 fully saturated rings. The van der Waals surface area contributed by atoms with E-state index in [1.54, 1.807) is 17.4 Å². The van der Waals surface area contributed by atoms with Gasteiger partial charge in [0.25, 0.3) is 0 Å². The van der Waals surface area contributed by atoms with Crippen molar-refractivity contribution in [1.29, 1.82) is 0 Å². The maximum absolute atomic E-state index is 13.0. The first-order valence-corrected chi connectivity index (χ1v) is 9.37. The fourth-order valence-corrected chi connectivity index (χ4v) is 3.17. The number of cyclic esters (lactones) is 1. The molecule has 0 unspecified atom stereocenters. The molecule has 0 aliphatic carbocycles. The monoisotopic (exact) mass is 394 g/mol. The van der Waals surface area contributed by atoms with E-state index in [0.717, 1.165) is 16.3 Å². The van der Waals surface area contributed by atoms with Crippen molar-refractivity contribution in [3.8, 4) is 5.75 Å². The molecule has 0 radical (unpaired) electrons. The topological polar surface area (TPSA) is 60.8 Å². The lowest BCUT2D eigenvalue weighted by atomic mass is 10.2. The summed E-state index contributed by atoms with van der Waals surface area (Å²) in [4.78, 5) is 20.6. The Balaban J connectivity index is 1.45. The summed E-state index contributed by atoms with van der Waals surface area (Å²) in [5.74, 6) is -0.0396. The average molecular weight is 394 g/mol. The van der Waals surface area contributed by atoms with Crippen molar-refractivity contribution >= 4 is 29.3 Å². The highest BCUT2D eigenvalue weighted by atomic mass is 32.1. The molecule has 0 saturated heterocycles. The maximum atomic E-state index is 13.0. The molecule has 0 bridgehead atoms. The number of thiazole rings is 1. The average Bonchev–Trinajstić information content (AvgIpc) is 3.27. The van der Waals surface area contributed by atoms with Gasteiger partial charge in [0.05, 0.1) is 10.7 Å². The summed E-state index contributed by atoms with van der Waals surface area (Å²) < 4.78 is 23.9. The Morgan fingerprint density at radius 1 is 1.14 bits per heavy atom. The van der Waals surface area contributed by atoms with E-state index in [0.29, 0.717) is 17.9 Å². The van der Waals surface area contributed by atoms with Gasteiger partial charge in [0, 0.05) is 10.9 Å². The van der Waals surface area contributed by atoms with Crippen molar-refractivity contribution in [3.05, 3.63) is 87.3 Å². The highest BCUT2D eigenvalue weighted by Crippen LogP contribution is 2.21. The molecule has 140 valence electrons. The fraction of sp³-hybridized carbons (Fsp3) is 0.0952. The Hall–Kier alpha value is -3.32. The molecule has 1 aromatic heterocycles. The summed E-state index contributed by atoms with van der Waals surface area (Å²) in [6.45, 7) is 2.36. The summed E-state index contributed by atoms with van der Waals surface area (Å²) in [5.41, 5.74) is 2.41. The van der Waals surface area contributed by atoms with E-state index in [1.165, 1.54) is 24.3 Å². The van der Waals surface area contributed by atoms with Gasteiger partial charge in [-0.05, 0) is 55.0 Å². The molecule has 3 aromatic rings. The number of benzene rings is 2. The van der Waals surface area contributed by atoms with Crippen LogP contribution in [0, 0.1) is 12.7 Å². The number of aryl methyl sites for hydroxylation is 1. The van der Waals surface area contributed by atoms with Crippen LogP contribution in [0.4, 0.5) is 4.39 Å². The second kappa shape index (κ2) is 7.74.